The minimum atomic E-state index is -0.870. The van der Waals surface area contributed by atoms with E-state index in [1.54, 1.807) is 0 Å². The number of hydrogen-bond acceptors (Lipinski definition) is 3. The van der Waals surface area contributed by atoms with Gasteiger partial charge in [-0.3, -0.25) is 0 Å². The Bertz CT molecular complexity index is 514. The number of aromatic hydroxyl groups is 1. The first-order chi connectivity index (χ1) is 9.97. The molecule has 1 unspecified atom stereocenters. The molecule has 116 valence electrons. The lowest BCUT2D eigenvalue weighted by Crippen LogP contribution is -2.39. The Kier molecular flexibility index (Phi) is 5.31. The van der Waals surface area contributed by atoms with Gasteiger partial charge in [0.1, 0.15) is 5.75 Å². The molecule has 21 heavy (non-hydrogen) atoms. The average molecular weight is 313 g/mol. The van der Waals surface area contributed by atoms with E-state index in [-0.39, 0.29) is 28.4 Å². The molecule has 0 saturated heterocycles. The van der Waals surface area contributed by atoms with Gasteiger partial charge in [-0.15, -0.1) is 0 Å². The number of phenolic OH excluding ortho intramolecular Hbond substituents is 1. The van der Waals surface area contributed by atoms with Crippen LogP contribution < -0.4 is 10.6 Å². The predicted molar refractivity (Wildman–Crippen MR) is 82.8 cm³/mol. The molecule has 5 nitrogen and oxygen atoms in total. The number of carbonyl (C=O) groups excluding carboxylic acids is 1. The fourth-order valence-corrected chi connectivity index (χ4v) is 2.84. The molecule has 1 aromatic carbocycles. The maximum absolute atomic E-state index is 12.0. The summed E-state index contributed by atoms with van der Waals surface area (Å²) < 4.78 is 0. The van der Waals surface area contributed by atoms with Crippen molar-refractivity contribution < 1.29 is 15.0 Å². The maximum Gasteiger partial charge on any atom is 0.319 e. The number of benzene rings is 1. The van der Waals surface area contributed by atoms with E-state index in [0.29, 0.717) is 5.69 Å². The number of rotatable bonds is 3. The van der Waals surface area contributed by atoms with Crippen LogP contribution in [0.1, 0.15) is 50.7 Å². The van der Waals surface area contributed by atoms with Crippen LogP contribution in [0.2, 0.25) is 5.02 Å². The van der Waals surface area contributed by atoms with Crippen LogP contribution in [0.3, 0.4) is 0 Å². The van der Waals surface area contributed by atoms with Crippen molar-refractivity contribution in [3.63, 3.8) is 0 Å². The third-order valence-electron chi connectivity index (χ3n) is 3.74. The summed E-state index contributed by atoms with van der Waals surface area (Å²) in [6.07, 6.45) is 4.64. The van der Waals surface area contributed by atoms with Crippen molar-refractivity contribution in [2.45, 2.75) is 51.2 Å². The smallest absolute Gasteiger partial charge is 0.319 e. The van der Waals surface area contributed by atoms with Crippen molar-refractivity contribution in [1.29, 1.82) is 0 Å². The first-order valence-electron chi connectivity index (χ1n) is 7.25. The van der Waals surface area contributed by atoms with Crippen molar-refractivity contribution in [2.24, 2.45) is 0 Å². The lowest BCUT2D eigenvalue weighted by molar-refractivity contribution is 0.195. The summed E-state index contributed by atoms with van der Waals surface area (Å²) in [5, 5.41) is 25.1. The van der Waals surface area contributed by atoms with Crippen molar-refractivity contribution in [1.82, 2.24) is 5.32 Å². The minimum absolute atomic E-state index is 0.0985. The van der Waals surface area contributed by atoms with Gasteiger partial charge in [0.15, 0.2) is 0 Å². The Balaban J connectivity index is 2.03. The maximum atomic E-state index is 12.0. The third-order valence-corrected chi connectivity index (χ3v) is 4.03. The van der Waals surface area contributed by atoms with Crippen molar-refractivity contribution in [3.8, 4) is 5.75 Å². The molecular formula is C15H21ClN2O3. The Hall–Kier alpha value is -1.46. The van der Waals surface area contributed by atoms with E-state index < -0.39 is 6.10 Å². The molecule has 0 bridgehead atoms. The molecule has 0 aliphatic heterocycles. The molecule has 2 rings (SSSR count). The molecule has 1 aliphatic carbocycles. The lowest BCUT2D eigenvalue weighted by atomic mass is 9.96. The molecule has 2 amide bonds. The second kappa shape index (κ2) is 7.00. The highest BCUT2D eigenvalue weighted by molar-refractivity contribution is 6.32. The molecule has 0 spiro atoms. The Morgan fingerprint density at radius 3 is 2.62 bits per heavy atom. The van der Waals surface area contributed by atoms with E-state index in [0.717, 1.165) is 25.7 Å². The van der Waals surface area contributed by atoms with Crippen LogP contribution in [0.25, 0.3) is 0 Å². The third kappa shape index (κ3) is 4.25. The van der Waals surface area contributed by atoms with E-state index in [9.17, 15) is 15.0 Å². The summed E-state index contributed by atoms with van der Waals surface area (Å²) in [5.41, 5.74) is 0.734. The molecule has 0 radical (unpaired) electrons. The zero-order valence-corrected chi connectivity index (χ0v) is 12.8. The number of amides is 2. The highest BCUT2D eigenvalue weighted by atomic mass is 35.5. The molecule has 1 aromatic rings. The van der Waals surface area contributed by atoms with E-state index >= 15 is 0 Å². The van der Waals surface area contributed by atoms with E-state index in [1.165, 1.54) is 25.5 Å². The summed E-state index contributed by atoms with van der Waals surface area (Å²) in [5.74, 6) is -0.162. The van der Waals surface area contributed by atoms with Gasteiger partial charge in [-0.25, -0.2) is 4.79 Å². The van der Waals surface area contributed by atoms with Crippen molar-refractivity contribution in [3.05, 3.63) is 22.7 Å². The number of aliphatic hydroxyl groups is 1. The summed E-state index contributed by atoms with van der Waals surface area (Å²) in [6, 6.07) is 2.90. The zero-order valence-electron chi connectivity index (χ0n) is 12.0. The van der Waals surface area contributed by atoms with Crippen LogP contribution in [-0.4, -0.2) is 22.3 Å². The molecule has 1 saturated carbocycles. The summed E-state index contributed by atoms with van der Waals surface area (Å²) in [4.78, 5) is 12.0. The van der Waals surface area contributed by atoms with Gasteiger partial charge in [0.25, 0.3) is 0 Å². The first kappa shape index (κ1) is 15.9. The molecule has 0 heterocycles. The van der Waals surface area contributed by atoms with Crippen LogP contribution in [0.5, 0.6) is 5.75 Å². The number of urea groups is 1. The number of nitrogens with one attached hydrogen (secondary N) is 2. The van der Waals surface area contributed by atoms with E-state index in [2.05, 4.69) is 10.6 Å². The summed E-state index contributed by atoms with van der Waals surface area (Å²) >= 11 is 5.91. The van der Waals surface area contributed by atoms with Crippen LogP contribution in [-0.2, 0) is 0 Å². The lowest BCUT2D eigenvalue weighted by Gasteiger charge is -2.23. The highest BCUT2D eigenvalue weighted by Crippen LogP contribution is 2.34. The Labute approximate surface area is 129 Å². The fourth-order valence-electron chi connectivity index (χ4n) is 2.61. The van der Waals surface area contributed by atoms with Gasteiger partial charge in [0.2, 0.25) is 0 Å². The molecule has 6 heteroatoms. The standard InChI is InChI=1S/C15H21ClN2O3/c1-9(19)12-7-11(8-13(16)14(12)20)18-15(21)17-10-5-3-2-4-6-10/h7-10,19-20H,2-6H2,1H3,(H2,17,18,21). The highest BCUT2D eigenvalue weighted by Gasteiger charge is 2.17. The number of halogens is 1. The zero-order chi connectivity index (χ0) is 15.4. The number of carbonyl (C=O) groups is 1. The normalized spacial score (nSPS) is 17.3. The molecule has 1 fully saturated rings. The summed E-state index contributed by atoms with van der Waals surface area (Å²) in [6.45, 7) is 1.53. The Morgan fingerprint density at radius 1 is 1.33 bits per heavy atom. The second-order valence-corrected chi connectivity index (χ2v) is 5.91. The van der Waals surface area contributed by atoms with Gasteiger partial charge in [-0.2, -0.15) is 0 Å². The monoisotopic (exact) mass is 312 g/mol. The number of anilines is 1. The second-order valence-electron chi connectivity index (χ2n) is 5.51. The number of hydrogen-bond donors (Lipinski definition) is 4. The van der Waals surface area contributed by atoms with Crippen molar-refractivity contribution in [2.75, 3.05) is 5.32 Å². The van der Waals surface area contributed by atoms with Gasteiger partial charge in [0.05, 0.1) is 11.1 Å². The molecule has 1 aliphatic rings. The fraction of sp³-hybridized carbons (Fsp3) is 0.533. The molecule has 1 atom stereocenters. The molecule has 4 N–H and O–H groups in total. The van der Waals surface area contributed by atoms with Gasteiger partial charge in [-0.05, 0) is 31.9 Å². The molecule has 0 aromatic heterocycles. The van der Waals surface area contributed by atoms with Crippen LogP contribution in [0.4, 0.5) is 10.5 Å². The van der Waals surface area contributed by atoms with Crippen LogP contribution in [0, 0.1) is 0 Å². The van der Waals surface area contributed by atoms with Crippen LogP contribution >= 0.6 is 11.6 Å². The van der Waals surface area contributed by atoms with Crippen LogP contribution in [0.15, 0.2) is 12.1 Å². The quantitative estimate of drug-likeness (QED) is 0.644. The number of phenols is 1. The molecular weight excluding hydrogens is 292 g/mol. The van der Waals surface area contributed by atoms with E-state index in [4.69, 9.17) is 11.6 Å². The minimum Gasteiger partial charge on any atom is -0.506 e. The van der Waals surface area contributed by atoms with E-state index in [1.807, 2.05) is 0 Å². The van der Waals surface area contributed by atoms with Gasteiger partial charge in [0, 0.05) is 17.3 Å². The predicted octanol–water partition coefficient (Wildman–Crippen LogP) is 3.55. The van der Waals surface area contributed by atoms with Crippen molar-refractivity contribution >= 4 is 23.3 Å². The Morgan fingerprint density at radius 2 is 2.00 bits per heavy atom. The average Bonchev–Trinajstić information content (AvgIpc) is 2.43. The first-order valence-corrected chi connectivity index (χ1v) is 7.63. The topological polar surface area (TPSA) is 81.6 Å². The largest absolute Gasteiger partial charge is 0.506 e. The van der Waals surface area contributed by atoms with Gasteiger partial charge >= 0.3 is 6.03 Å². The van der Waals surface area contributed by atoms with Gasteiger partial charge < -0.3 is 20.8 Å². The number of aliphatic hydroxyl groups excluding tert-OH is 1. The van der Waals surface area contributed by atoms with Gasteiger partial charge in [-0.1, -0.05) is 30.9 Å². The summed E-state index contributed by atoms with van der Waals surface area (Å²) in [7, 11) is 0. The SMILES string of the molecule is CC(O)c1cc(NC(=O)NC2CCCCC2)cc(Cl)c1O.